The molecule has 1 aromatic carbocycles. The third-order valence-corrected chi connectivity index (χ3v) is 13.7. The van der Waals surface area contributed by atoms with Crippen LogP contribution in [0.4, 0.5) is 0 Å². The molecule has 6 aliphatic carbocycles. The number of nitrogens with zero attached hydrogens (tertiary/aromatic N) is 1. The number of phenolic OH excluding ortho intramolecular Hbond substituents is 1. The fourth-order valence-corrected chi connectivity index (χ4v) is 11.2. The van der Waals surface area contributed by atoms with Crippen LogP contribution in [-0.4, -0.2) is 23.6 Å². The Morgan fingerprint density at radius 1 is 1.00 bits per heavy atom. The van der Waals surface area contributed by atoms with E-state index in [0.29, 0.717) is 59.4 Å². The van der Waals surface area contributed by atoms with E-state index in [1.807, 2.05) is 18.2 Å². The molecule has 1 fully saturated rings. The van der Waals surface area contributed by atoms with Crippen LogP contribution in [0.2, 0.25) is 0 Å². The van der Waals surface area contributed by atoms with Gasteiger partial charge in [-0.15, -0.1) is 0 Å². The average molecular weight is 683 g/mol. The first-order valence-electron chi connectivity index (χ1n) is 20.3. The summed E-state index contributed by atoms with van der Waals surface area (Å²) in [5, 5.41) is 14.4. The summed E-state index contributed by atoms with van der Waals surface area (Å²) >= 11 is 0. The minimum absolute atomic E-state index is 0.176. The van der Waals surface area contributed by atoms with E-state index in [9.17, 15) is 5.11 Å². The van der Waals surface area contributed by atoms with E-state index in [1.54, 1.807) is 17.2 Å². The summed E-state index contributed by atoms with van der Waals surface area (Å²) in [4.78, 5) is 5.31. The molecule has 0 bridgehead atoms. The Hall–Kier alpha value is -3.79. The molecular formula is C47H58N2O2. The largest absolute Gasteiger partial charge is 0.507 e. The van der Waals surface area contributed by atoms with E-state index < -0.39 is 0 Å². The molecule has 1 heterocycles. The Morgan fingerprint density at radius 3 is 2.73 bits per heavy atom. The van der Waals surface area contributed by atoms with Crippen LogP contribution in [0.15, 0.2) is 125 Å². The van der Waals surface area contributed by atoms with Crippen LogP contribution < -0.4 is 5.32 Å². The second kappa shape index (κ2) is 15.1. The molecule has 51 heavy (non-hydrogen) atoms. The topological polar surface area (TPSA) is 53.9 Å². The van der Waals surface area contributed by atoms with Gasteiger partial charge in [0.25, 0.3) is 0 Å². The normalized spacial score (nSPS) is 34.2. The highest BCUT2D eigenvalue weighted by atomic mass is 16.5. The lowest BCUT2D eigenvalue weighted by atomic mass is 9.50. The maximum absolute atomic E-state index is 10.9. The smallest absolute Gasteiger partial charge is 0.190 e. The van der Waals surface area contributed by atoms with Crippen molar-refractivity contribution < 1.29 is 9.84 Å². The zero-order valence-electron chi connectivity index (χ0n) is 30.9. The summed E-state index contributed by atoms with van der Waals surface area (Å²) in [6, 6.07) is 7.36. The molecule has 1 aliphatic heterocycles. The van der Waals surface area contributed by atoms with Crippen LogP contribution in [0.5, 0.6) is 5.75 Å². The number of aromatic hydroxyl groups is 1. The fraction of sp³-hybridized carbons (Fsp3) is 0.511. The predicted octanol–water partition coefficient (Wildman–Crippen LogP) is 11.1. The summed E-state index contributed by atoms with van der Waals surface area (Å²) in [5.41, 5.74) is 5.56. The molecule has 0 radical (unpaired) electrons. The number of aliphatic imine (C=N–C) groups is 1. The van der Waals surface area contributed by atoms with Crippen LogP contribution >= 0.6 is 0 Å². The lowest BCUT2D eigenvalue weighted by Crippen LogP contribution is -2.48. The van der Waals surface area contributed by atoms with Gasteiger partial charge in [0.2, 0.25) is 0 Å². The van der Waals surface area contributed by atoms with Crippen molar-refractivity contribution in [2.45, 2.75) is 96.9 Å². The standard InChI is InChI=1S/C47H58N2O2/c1-3-5-16-32(4-2)31-51-45-30-43(48-46(49-45)38-23-14-15-24-44(38)50)35-25-26-41-39(28-35)40-27-33-17-12-13-18-34(33)29-42(40)47(41,36-19-8-6-9-20-36)37-21-10-7-11-22-37/h6-10,13-15,18-19,23-25,27-28,30,32,34,36-37,40-43,50H,3-5,11-12,16-17,20-22,26,29,31H2,1-2H3,(H,48,49). The lowest BCUT2D eigenvalue weighted by molar-refractivity contribution is -0.0163. The number of hydrogen-bond donors (Lipinski definition) is 2. The van der Waals surface area contributed by atoms with Crippen molar-refractivity contribution in [3.8, 4) is 5.75 Å². The summed E-state index contributed by atoms with van der Waals surface area (Å²) in [7, 11) is 0. The number of para-hydroxylation sites is 1. The van der Waals surface area contributed by atoms with Gasteiger partial charge >= 0.3 is 0 Å². The Bertz CT molecular complexity index is 1730. The number of ether oxygens (including phenoxy) is 1. The number of nitrogens with one attached hydrogen (secondary N) is 1. The van der Waals surface area contributed by atoms with Crippen molar-refractivity contribution in [1.82, 2.24) is 5.32 Å². The third kappa shape index (κ3) is 6.46. The van der Waals surface area contributed by atoms with Gasteiger partial charge in [-0.3, -0.25) is 4.99 Å². The molecule has 0 amide bonds. The van der Waals surface area contributed by atoms with E-state index in [2.05, 4.69) is 92.1 Å². The predicted molar refractivity (Wildman–Crippen MR) is 210 cm³/mol. The van der Waals surface area contributed by atoms with Gasteiger partial charge in [0.05, 0.1) is 12.2 Å². The number of rotatable bonds is 11. The van der Waals surface area contributed by atoms with Crippen molar-refractivity contribution in [3.63, 3.8) is 0 Å². The van der Waals surface area contributed by atoms with Crippen LogP contribution in [0, 0.1) is 46.8 Å². The molecule has 1 aromatic rings. The number of amidine groups is 1. The van der Waals surface area contributed by atoms with Crippen LogP contribution in [0.25, 0.3) is 0 Å². The van der Waals surface area contributed by atoms with Gasteiger partial charge in [0.1, 0.15) is 17.6 Å². The SMILES string of the molecule is CCCCC(CC)COC1=CC(C2=CCC3C(=C2)C2C=C4CCC=CC4CC2C3(C2C=CC=CC2)C2CC=CCC2)N=C(c2ccccc2O)N1. The maximum atomic E-state index is 10.9. The molecule has 7 aliphatic rings. The summed E-state index contributed by atoms with van der Waals surface area (Å²) < 4.78 is 6.57. The van der Waals surface area contributed by atoms with Gasteiger partial charge in [-0.2, -0.15) is 0 Å². The molecule has 268 valence electrons. The number of hydrogen-bond acceptors (Lipinski definition) is 4. The summed E-state index contributed by atoms with van der Waals surface area (Å²) in [5.74, 6) is 5.68. The van der Waals surface area contributed by atoms with Crippen LogP contribution in [0.1, 0.15) is 96.5 Å². The molecule has 0 saturated heterocycles. The third-order valence-electron chi connectivity index (χ3n) is 13.7. The first-order valence-corrected chi connectivity index (χ1v) is 20.3. The first kappa shape index (κ1) is 34.3. The molecule has 1 saturated carbocycles. The lowest BCUT2D eigenvalue weighted by Gasteiger charge is -2.54. The first-order chi connectivity index (χ1) is 25.1. The molecule has 4 heteroatoms. The van der Waals surface area contributed by atoms with E-state index >= 15 is 0 Å². The van der Waals surface area contributed by atoms with Crippen molar-refractivity contribution in [1.29, 1.82) is 0 Å². The molecule has 8 rings (SSSR count). The highest BCUT2D eigenvalue weighted by Gasteiger charge is 2.63. The zero-order chi connectivity index (χ0) is 34.8. The van der Waals surface area contributed by atoms with Crippen LogP contribution in [-0.2, 0) is 4.74 Å². The highest BCUT2D eigenvalue weighted by Crippen LogP contribution is 2.70. The second-order valence-electron chi connectivity index (χ2n) is 16.3. The van der Waals surface area contributed by atoms with Gasteiger partial charge in [0.15, 0.2) is 5.88 Å². The van der Waals surface area contributed by atoms with Gasteiger partial charge in [-0.25, -0.2) is 0 Å². The van der Waals surface area contributed by atoms with E-state index in [1.165, 1.54) is 63.4 Å². The quantitative estimate of drug-likeness (QED) is 0.228. The van der Waals surface area contributed by atoms with E-state index in [-0.39, 0.29) is 17.2 Å². The van der Waals surface area contributed by atoms with E-state index in [4.69, 9.17) is 9.73 Å². The van der Waals surface area contributed by atoms with Gasteiger partial charge in [-0.05, 0) is 116 Å². The fourth-order valence-electron chi connectivity index (χ4n) is 11.2. The maximum Gasteiger partial charge on any atom is 0.190 e. The number of allylic oxidation sites excluding steroid dienone is 12. The number of phenols is 1. The number of benzene rings is 1. The molecule has 4 nitrogen and oxygen atoms in total. The molecule has 9 unspecified atom stereocenters. The molecule has 2 N–H and O–H groups in total. The molecule has 0 aromatic heterocycles. The number of fused-ring (bicyclic) bond motifs is 4. The van der Waals surface area contributed by atoms with Gasteiger partial charge in [0, 0.05) is 12.0 Å². The molecular weight excluding hydrogens is 625 g/mol. The van der Waals surface area contributed by atoms with Crippen molar-refractivity contribution in [2.24, 2.45) is 51.8 Å². The Balaban J connectivity index is 1.19. The van der Waals surface area contributed by atoms with Crippen molar-refractivity contribution in [3.05, 3.63) is 125 Å². The van der Waals surface area contributed by atoms with Crippen LogP contribution in [0.3, 0.4) is 0 Å². The monoisotopic (exact) mass is 682 g/mol. The van der Waals surface area contributed by atoms with Crippen molar-refractivity contribution in [2.75, 3.05) is 6.61 Å². The average Bonchev–Trinajstić information content (AvgIpc) is 3.47. The summed E-state index contributed by atoms with van der Waals surface area (Å²) in [6.07, 6.45) is 44.0. The Labute approximate surface area is 306 Å². The summed E-state index contributed by atoms with van der Waals surface area (Å²) in [6.45, 7) is 5.21. The minimum atomic E-state index is -0.176. The van der Waals surface area contributed by atoms with Gasteiger partial charge < -0.3 is 15.2 Å². The van der Waals surface area contributed by atoms with Gasteiger partial charge in [-0.1, -0.05) is 123 Å². The minimum Gasteiger partial charge on any atom is -0.507 e. The molecule has 0 spiro atoms. The Kier molecular flexibility index (Phi) is 10.1. The highest BCUT2D eigenvalue weighted by molar-refractivity contribution is 6.02. The van der Waals surface area contributed by atoms with Crippen molar-refractivity contribution >= 4 is 5.84 Å². The Morgan fingerprint density at radius 2 is 1.92 bits per heavy atom. The number of unbranched alkanes of at least 4 members (excludes halogenated alkanes) is 1. The molecule has 9 atom stereocenters. The second-order valence-corrected chi connectivity index (χ2v) is 16.3. The zero-order valence-corrected chi connectivity index (χ0v) is 30.9. The van der Waals surface area contributed by atoms with E-state index in [0.717, 1.165) is 25.1 Å².